The van der Waals surface area contributed by atoms with Crippen LogP contribution in [0.4, 0.5) is 5.69 Å². The summed E-state index contributed by atoms with van der Waals surface area (Å²) in [6, 6.07) is 11.7. The first-order valence-electron chi connectivity index (χ1n) is 21.6. The van der Waals surface area contributed by atoms with E-state index in [-0.39, 0.29) is 36.7 Å². The van der Waals surface area contributed by atoms with Crippen LogP contribution in [0.3, 0.4) is 0 Å². The van der Waals surface area contributed by atoms with Crippen molar-refractivity contribution in [2.75, 3.05) is 123 Å². The third-order valence-electron chi connectivity index (χ3n) is 12.7. The molecule has 0 radical (unpaired) electrons. The molecule has 3 saturated heterocycles. The van der Waals surface area contributed by atoms with Crippen molar-refractivity contribution in [2.24, 2.45) is 0 Å². The van der Waals surface area contributed by atoms with Gasteiger partial charge in [0.1, 0.15) is 0 Å². The zero-order chi connectivity index (χ0) is 40.2. The molecular weight excluding hydrogens is 735 g/mol. The molecule has 0 bridgehead atoms. The summed E-state index contributed by atoms with van der Waals surface area (Å²) in [6.45, 7) is 18.3. The minimum atomic E-state index is -0.390. The number of ether oxygens (including phenoxy) is 2. The number of likely N-dealkylation sites (tertiary alicyclic amines) is 1. The Kier molecular flexibility index (Phi) is 12.8. The SMILES string of the molecule is CCN(CC)Cc1ccc(-c2c(NCCN3CCCC3)c3c4c(ccc5c4c2C(=O)N(CCCN2CCOCC2)C5=O)C(=O)N(CCCN2CCOCC2)C3=O)cc1. The van der Waals surface area contributed by atoms with E-state index in [4.69, 9.17) is 9.47 Å². The van der Waals surface area contributed by atoms with Crippen LogP contribution in [0.2, 0.25) is 0 Å². The van der Waals surface area contributed by atoms with E-state index < -0.39 is 0 Å². The average Bonchev–Trinajstić information content (AvgIpc) is 3.78. The highest BCUT2D eigenvalue weighted by molar-refractivity contribution is 6.37. The Bertz CT molecular complexity index is 2000. The molecule has 58 heavy (non-hydrogen) atoms. The third kappa shape index (κ3) is 8.17. The number of carbonyl (C=O) groups excluding carboxylic acids is 4. The molecule has 4 amide bonds. The predicted molar refractivity (Wildman–Crippen MR) is 225 cm³/mol. The molecule has 0 aliphatic carbocycles. The second-order valence-electron chi connectivity index (χ2n) is 16.2. The molecule has 3 aromatic carbocycles. The zero-order valence-corrected chi connectivity index (χ0v) is 34.4. The van der Waals surface area contributed by atoms with Gasteiger partial charge in [-0.1, -0.05) is 38.1 Å². The van der Waals surface area contributed by atoms with E-state index in [9.17, 15) is 9.59 Å². The van der Waals surface area contributed by atoms with Gasteiger partial charge in [-0.05, 0) is 75.1 Å². The summed E-state index contributed by atoms with van der Waals surface area (Å²) in [4.78, 5) is 71.1. The van der Waals surface area contributed by atoms with Gasteiger partial charge in [0, 0.05) is 99.5 Å². The first kappa shape index (κ1) is 40.5. The number of rotatable bonds is 17. The molecule has 5 aliphatic rings. The zero-order valence-electron chi connectivity index (χ0n) is 34.4. The number of amides is 4. The highest BCUT2D eigenvalue weighted by atomic mass is 16.5. The molecule has 1 N–H and O–H groups in total. The maximum Gasteiger partial charge on any atom is 0.263 e. The monoisotopic (exact) mass is 793 g/mol. The van der Waals surface area contributed by atoms with E-state index >= 15 is 9.59 Å². The second kappa shape index (κ2) is 18.4. The molecule has 0 spiro atoms. The van der Waals surface area contributed by atoms with Crippen molar-refractivity contribution in [3.05, 3.63) is 64.2 Å². The van der Waals surface area contributed by atoms with Crippen molar-refractivity contribution in [3.63, 3.8) is 0 Å². The third-order valence-corrected chi connectivity index (χ3v) is 12.7. The molecule has 5 heterocycles. The van der Waals surface area contributed by atoms with Crippen molar-refractivity contribution in [1.29, 1.82) is 0 Å². The quantitative estimate of drug-likeness (QED) is 0.195. The lowest BCUT2D eigenvalue weighted by Gasteiger charge is -2.36. The molecule has 13 nitrogen and oxygen atoms in total. The topological polar surface area (TPSA) is 118 Å². The van der Waals surface area contributed by atoms with Crippen molar-refractivity contribution >= 4 is 40.1 Å². The molecule has 0 saturated carbocycles. The number of anilines is 1. The van der Waals surface area contributed by atoms with Crippen LogP contribution >= 0.6 is 0 Å². The Morgan fingerprint density at radius 3 is 1.60 bits per heavy atom. The fourth-order valence-electron chi connectivity index (χ4n) is 9.40. The van der Waals surface area contributed by atoms with Crippen molar-refractivity contribution in [1.82, 2.24) is 29.4 Å². The lowest BCUT2D eigenvalue weighted by molar-refractivity contribution is 0.0351. The van der Waals surface area contributed by atoms with Gasteiger partial charge in [-0.3, -0.25) is 43.7 Å². The molecule has 310 valence electrons. The molecule has 3 fully saturated rings. The van der Waals surface area contributed by atoms with E-state index in [1.54, 1.807) is 12.1 Å². The predicted octanol–water partition coefficient (Wildman–Crippen LogP) is 4.49. The van der Waals surface area contributed by atoms with Gasteiger partial charge in [0.2, 0.25) is 0 Å². The molecule has 0 unspecified atom stereocenters. The Labute approximate surface area is 342 Å². The van der Waals surface area contributed by atoms with Crippen LogP contribution in [-0.4, -0.2) is 171 Å². The fraction of sp³-hybridized carbons (Fsp3) is 0.556. The number of nitrogens with zero attached hydrogens (tertiary/aromatic N) is 6. The van der Waals surface area contributed by atoms with Crippen molar-refractivity contribution in [2.45, 2.75) is 46.1 Å². The van der Waals surface area contributed by atoms with Gasteiger partial charge in [0.05, 0.1) is 43.2 Å². The Morgan fingerprint density at radius 2 is 1.07 bits per heavy atom. The number of hydrogen-bond donors (Lipinski definition) is 1. The van der Waals surface area contributed by atoms with E-state index in [0.29, 0.717) is 90.1 Å². The molecule has 0 atom stereocenters. The smallest absolute Gasteiger partial charge is 0.263 e. The van der Waals surface area contributed by atoms with Gasteiger partial charge in [0.25, 0.3) is 23.6 Å². The second-order valence-corrected chi connectivity index (χ2v) is 16.2. The summed E-state index contributed by atoms with van der Waals surface area (Å²) in [6.07, 6.45) is 3.57. The highest BCUT2D eigenvalue weighted by Crippen LogP contribution is 2.48. The molecule has 13 heteroatoms. The Balaban J connectivity index is 1.24. The minimum Gasteiger partial charge on any atom is -0.383 e. The molecule has 3 aromatic rings. The summed E-state index contributed by atoms with van der Waals surface area (Å²) in [7, 11) is 0. The van der Waals surface area contributed by atoms with Crippen LogP contribution in [0.25, 0.3) is 21.9 Å². The first-order chi connectivity index (χ1) is 28.4. The fourth-order valence-corrected chi connectivity index (χ4v) is 9.40. The average molecular weight is 794 g/mol. The Hall–Kier alpha value is -4.24. The Morgan fingerprint density at radius 1 is 0.569 bits per heavy atom. The van der Waals surface area contributed by atoms with Crippen LogP contribution in [0.5, 0.6) is 0 Å². The van der Waals surface area contributed by atoms with Crippen LogP contribution in [0.15, 0.2) is 36.4 Å². The number of morpholine rings is 2. The minimum absolute atomic E-state index is 0.258. The number of imide groups is 2. The summed E-state index contributed by atoms with van der Waals surface area (Å²) in [5, 5.41) is 4.52. The highest BCUT2D eigenvalue weighted by Gasteiger charge is 2.43. The molecule has 0 aromatic heterocycles. The van der Waals surface area contributed by atoms with Gasteiger partial charge < -0.3 is 19.7 Å². The van der Waals surface area contributed by atoms with Gasteiger partial charge in [0.15, 0.2) is 0 Å². The lowest BCUT2D eigenvalue weighted by Crippen LogP contribution is -2.45. The number of benzene rings is 3. The summed E-state index contributed by atoms with van der Waals surface area (Å²) >= 11 is 0. The van der Waals surface area contributed by atoms with E-state index in [1.807, 2.05) is 12.1 Å². The van der Waals surface area contributed by atoms with E-state index in [0.717, 1.165) is 103 Å². The van der Waals surface area contributed by atoms with Crippen molar-refractivity contribution in [3.8, 4) is 11.1 Å². The normalized spacial score (nSPS) is 19.4. The largest absolute Gasteiger partial charge is 0.383 e. The van der Waals surface area contributed by atoms with Crippen LogP contribution in [0.1, 0.15) is 86.5 Å². The van der Waals surface area contributed by atoms with Crippen LogP contribution in [0, 0.1) is 0 Å². The number of carbonyl (C=O) groups is 4. The maximum absolute atomic E-state index is 15.1. The number of hydrogen-bond acceptors (Lipinski definition) is 11. The van der Waals surface area contributed by atoms with E-state index in [2.05, 4.69) is 50.9 Å². The van der Waals surface area contributed by atoms with Gasteiger partial charge in [-0.2, -0.15) is 0 Å². The lowest BCUT2D eigenvalue weighted by atomic mass is 9.80. The standard InChI is InChI=1S/C45H59N7O6/c1-3-47(4-2)31-32-9-11-33(12-10-32)36-39-37-34(42(53)51(44(39)55)20-7-18-49-23-27-57-28-24-49)13-14-35-38(37)40(41(36)46-15-22-48-16-5-6-17-48)45(56)52(43(35)54)21-8-19-50-25-29-58-30-26-50/h9-14,46H,3-8,15-31H2,1-2H3. The van der Waals surface area contributed by atoms with E-state index in [1.165, 1.54) is 9.80 Å². The molecule has 5 aliphatic heterocycles. The van der Waals surface area contributed by atoms with Crippen molar-refractivity contribution < 1.29 is 28.7 Å². The summed E-state index contributed by atoms with van der Waals surface area (Å²) < 4.78 is 11.1. The van der Waals surface area contributed by atoms with Gasteiger partial charge >= 0.3 is 0 Å². The van der Waals surface area contributed by atoms with Gasteiger partial charge in [-0.15, -0.1) is 0 Å². The summed E-state index contributed by atoms with van der Waals surface area (Å²) in [5.41, 5.74) is 4.56. The van der Waals surface area contributed by atoms with Crippen LogP contribution in [-0.2, 0) is 16.0 Å². The molecule has 8 rings (SSSR count). The summed E-state index contributed by atoms with van der Waals surface area (Å²) in [5.74, 6) is -1.55. The molecular formula is C45H59N7O6. The van der Waals surface area contributed by atoms with Gasteiger partial charge in [-0.25, -0.2) is 0 Å². The maximum atomic E-state index is 15.1. The number of nitrogens with one attached hydrogen (secondary N) is 1. The first-order valence-corrected chi connectivity index (χ1v) is 21.6. The van der Waals surface area contributed by atoms with Crippen LogP contribution < -0.4 is 5.32 Å².